The Morgan fingerprint density at radius 1 is 0.957 bits per heavy atom. The standard InChI is InChI=1S/C36H41N7O4/c1-35(2,3)47-34(46)38-36(21-9-4-10-22-36)33(45)37-29-20-19-26-11-5-8-14-30(26)43(32(29)44)23-24-15-17-25(18-16-24)27-12-6-7-13-28(27)31-39-41-42-40-31/h5-8,11-18,29H,4,9-10,19-23H2,1-3H3,(H,37,45)(H,38,46)(H,39,40,41,42). The molecule has 6 rings (SSSR count). The minimum Gasteiger partial charge on any atom is -0.444 e. The maximum atomic E-state index is 14.3. The molecule has 0 radical (unpaired) electrons. The number of tetrazole rings is 1. The molecular formula is C36H41N7O4. The van der Waals surface area contributed by atoms with Crippen molar-refractivity contribution >= 4 is 23.6 Å². The first-order valence-corrected chi connectivity index (χ1v) is 16.3. The maximum Gasteiger partial charge on any atom is 0.408 e. The number of anilines is 1. The Kier molecular flexibility index (Phi) is 9.06. The highest BCUT2D eigenvalue weighted by Crippen LogP contribution is 2.33. The number of aromatic nitrogens is 4. The van der Waals surface area contributed by atoms with Crippen molar-refractivity contribution in [1.82, 2.24) is 31.3 Å². The number of para-hydroxylation sites is 1. The average Bonchev–Trinajstić information content (AvgIpc) is 3.56. The van der Waals surface area contributed by atoms with Crippen LogP contribution in [0.5, 0.6) is 0 Å². The van der Waals surface area contributed by atoms with E-state index in [9.17, 15) is 14.4 Å². The number of H-pyrrole nitrogens is 1. The highest BCUT2D eigenvalue weighted by Gasteiger charge is 2.44. The smallest absolute Gasteiger partial charge is 0.408 e. The van der Waals surface area contributed by atoms with E-state index in [0.717, 1.165) is 52.8 Å². The number of benzene rings is 3. The molecule has 3 N–H and O–H groups in total. The van der Waals surface area contributed by atoms with E-state index >= 15 is 0 Å². The van der Waals surface area contributed by atoms with Gasteiger partial charge in [-0.3, -0.25) is 9.59 Å². The average molecular weight is 636 g/mol. The lowest BCUT2D eigenvalue weighted by Gasteiger charge is -2.38. The summed E-state index contributed by atoms with van der Waals surface area (Å²) in [5.74, 6) is 0.0666. The van der Waals surface area contributed by atoms with Crippen LogP contribution in [0.15, 0.2) is 72.8 Å². The number of carbonyl (C=O) groups is 3. The Labute approximate surface area is 274 Å². The van der Waals surface area contributed by atoms with Gasteiger partial charge in [-0.15, -0.1) is 5.10 Å². The predicted octanol–water partition coefficient (Wildman–Crippen LogP) is 5.73. The molecule has 11 heteroatoms. The zero-order valence-corrected chi connectivity index (χ0v) is 27.1. The fourth-order valence-corrected chi connectivity index (χ4v) is 6.56. The van der Waals surface area contributed by atoms with Gasteiger partial charge >= 0.3 is 6.09 Å². The highest BCUT2D eigenvalue weighted by atomic mass is 16.6. The predicted molar refractivity (Wildman–Crippen MR) is 178 cm³/mol. The summed E-state index contributed by atoms with van der Waals surface area (Å²) in [5.41, 5.74) is 3.85. The molecule has 0 spiro atoms. The normalized spacial score (nSPS) is 17.7. The lowest BCUT2D eigenvalue weighted by molar-refractivity contribution is -0.133. The molecule has 1 atom stereocenters. The van der Waals surface area contributed by atoms with Gasteiger partial charge in [-0.25, -0.2) is 9.89 Å². The van der Waals surface area contributed by atoms with Gasteiger partial charge in [-0.2, -0.15) is 0 Å². The van der Waals surface area contributed by atoms with Crippen molar-refractivity contribution < 1.29 is 19.1 Å². The summed E-state index contributed by atoms with van der Waals surface area (Å²) in [6.45, 7) is 5.70. The summed E-state index contributed by atoms with van der Waals surface area (Å²) < 4.78 is 5.52. The van der Waals surface area contributed by atoms with Gasteiger partial charge in [-0.05, 0) is 85.2 Å². The number of alkyl carbamates (subject to hydrolysis) is 1. The first-order chi connectivity index (χ1) is 22.6. The number of nitrogens with one attached hydrogen (secondary N) is 3. The molecule has 2 aliphatic rings. The van der Waals surface area contributed by atoms with E-state index in [1.54, 1.807) is 25.7 Å². The molecule has 1 aromatic heterocycles. The Bertz CT molecular complexity index is 1720. The first-order valence-electron chi connectivity index (χ1n) is 16.3. The summed E-state index contributed by atoms with van der Waals surface area (Å²) in [5, 5.41) is 20.3. The number of fused-ring (bicyclic) bond motifs is 1. The van der Waals surface area contributed by atoms with Crippen molar-refractivity contribution in [3.63, 3.8) is 0 Å². The van der Waals surface area contributed by atoms with Gasteiger partial charge in [0.05, 0.1) is 6.54 Å². The molecule has 1 unspecified atom stereocenters. The Hall–Kier alpha value is -5.06. The van der Waals surface area contributed by atoms with E-state index < -0.39 is 23.3 Å². The highest BCUT2D eigenvalue weighted by molar-refractivity contribution is 6.02. The summed E-state index contributed by atoms with van der Waals surface area (Å²) in [6.07, 6.45) is 4.02. The van der Waals surface area contributed by atoms with Crippen LogP contribution in [0.25, 0.3) is 22.5 Å². The third-order valence-corrected chi connectivity index (χ3v) is 8.87. The quantitative estimate of drug-likeness (QED) is 0.236. The number of hydrogen-bond acceptors (Lipinski definition) is 7. The summed E-state index contributed by atoms with van der Waals surface area (Å²) >= 11 is 0. The van der Waals surface area contributed by atoms with Gasteiger partial charge in [0.25, 0.3) is 0 Å². The molecule has 1 saturated carbocycles. The van der Waals surface area contributed by atoms with E-state index in [0.29, 0.717) is 38.1 Å². The van der Waals surface area contributed by atoms with E-state index in [2.05, 4.69) is 31.3 Å². The summed E-state index contributed by atoms with van der Waals surface area (Å²) in [4.78, 5) is 42.9. The van der Waals surface area contributed by atoms with Crippen LogP contribution in [0, 0.1) is 0 Å². The summed E-state index contributed by atoms with van der Waals surface area (Å²) in [6, 6.07) is 23.1. The molecule has 11 nitrogen and oxygen atoms in total. The first kappa shape index (κ1) is 31.9. The number of aromatic amines is 1. The molecule has 2 heterocycles. The lowest BCUT2D eigenvalue weighted by Crippen LogP contribution is -2.63. The molecule has 4 aromatic rings. The molecule has 0 saturated heterocycles. The van der Waals surface area contributed by atoms with Crippen LogP contribution in [-0.2, 0) is 27.3 Å². The number of aryl methyl sites for hydroxylation is 1. The monoisotopic (exact) mass is 635 g/mol. The van der Waals surface area contributed by atoms with Gasteiger partial charge in [0.2, 0.25) is 11.8 Å². The Balaban J connectivity index is 1.23. The van der Waals surface area contributed by atoms with Gasteiger partial charge in [0.1, 0.15) is 17.2 Å². The topological polar surface area (TPSA) is 142 Å². The van der Waals surface area contributed by atoms with E-state index in [-0.39, 0.29) is 11.8 Å². The van der Waals surface area contributed by atoms with E-state index in [1.807, 2.05) is 72.8 Å². The Morgan fingerprint density at radius 3 is 2.36 bits per heavy atom. The van der Waals surface area contributed by atoms with E-state index in [4.69, 9.17) is 4.74 Å². The molecule has 0 bridgehead atoms. The minimum atomic E-state index is -1.13. The zero-order valence-electron chi connectivity index (χ0n) is 27.1. The maximum absolute atomic E-state index is 14.3. The van der Waals surface area contributed by atoms with Crippen LogP contribution in [0.4, 0.5) is 10.5 Å². The number of nitrogens with zero attached hydrogens (tertiary/aromatic N) is 4. The fraction of sp³-hybridized carbons (Fsp3) is 0.389. The molecule has 1 fully saturated rings. The SMILES string of the molecule is CC(C)(C)OC(=O)NC1(C(=O)NC2CCc3ccccc3N(Cc3ccc(-c4ccccc4-c4nnn[nH]4)cc3)C2=O)CCCCC1. The van der Waals surface area contributed by atoms with Crippen LogP contribution in [0.3, 0.4) is 0 Å². The number of ether oxygens (including phenoxy) is 1. The zero-order chi connectivity index (χ0) is 33.0. The summed E-state index contributed by atoms with van der Waals surface area (Å²) in [7, 11) is 0. The van der Waals surface area contributed by atoms with Crippen LogP contribution >= 0.6 is 0 Å². The van der Waals surface area contributed by atoms with Crippen molar-refractivity contribution in [2.75, 3.05) is 4.90 Å². The second-order valence-corrected chi connectivity index (χ2v) is 13.4. The number of rotatable bonds is 7. The molecule has 1 aliphatic carbocycles. The number of hydrogen-bond donors (Lipinski definition) is 3. The number of amides is 3. The van der Waals surface area contributed by atoms with Gasteiger partial charge in [-0.1, -0.05) is 86.0 Å². The molecule has 244 valence electrons. The minimum absolute atomic E-state index is 0.182. The van der Waals surface area contributed by atoms with Crippen LogP contribution in [0.2, 0.25) is 0 Å². The third-order valence-electron chi connectivity index (χ3n) is 8.87. The van der Waals surface area contributed by atoms with Crippen molar-refractivity contribution in [2.45, 2.75) is 89.4 Å². The second kappa shape index (κ2) is 13.4. The Morgan fingerprint density at radius 2 is 1.66 bits per heavy atom. The largest absolute Gasteiger partial charge is 0.444 e. The van der Waals surface area contributed by atoms with Crippen molar-refractivity contribution in [3.05, 3.63) is 83.9 Å². The molecule has 47 heavy (non-hydrogen) atoms. The van der Waals surface area contributed by atoms with Gasteiger partial charge < -0.3 is 20.3 Å². The molecule has 3 amide bonds. The lowest BCUT2D eigenvalue weighted by atomic mass is 9.80. The molecule has 1 aliphatic heterocycles. The molecular weight excluding hydrogens is 594 g/mol. The molecule has 3 aromatic carbocycles. The van der Waals surface area contributed by atoms with E-state index in [1.165, 1.54) is 0 Å². The third kappa shape index (κ3) is 7.19. The second-order valence-electron chi connectivity index (χ2n) is 13.4. The van der Waals surface area contributed by atoms with Crippen molar-refractivity contribution in [3.8, 4) is 22.5 Å². The van der Waals surface area contributed by atoms with Crippen LogP contribution in [-0.4, -0.2) is 55.7 Å². The van der Waals surface area contributed by atoms with Gasteiger partial charge in [0.15, 0.2) is 5.82 Å². The van der Waals surface area contributed by atoms with Crippen molar-refractivity contribution in [1.29, 1.82) is 0 Å². The van der Waals surface area contributed by atoms with Crippen molar-refractivity contribution in [2.24, 2.45) is 0 Å². The fourth-order valence-electron chi connectivity index (χ4n) is 6.56. The van der Waals surface area contributed by atoms with Crippen LogP contribution in [0.1, 0.15) is 70.4 Å². The van der Waals surface area contributed by atoms with Gasteiger partial charge in [0, 0.05) is 11.3 Å². The van der Waals surface area contributed by atoms with Crippen LogP contribution < -0.4 is 15.5 Å². The number of carbonyl (C=O) groups excluding carboxylic acids is 3.